The fraction of sp³-hybridized carbons (Fsp3) is 0.467. The minimum absolute atomic E-state index is 0.0341. The number of carbonyl (C=O) groups excluding carboxylic acids is 2. The molecule has 1 aromatic rings. The van der Waals surface area contributed by atoms with E-state index in [0.29, 0.717) is 24.6 Å². The predicted molar refractivity (Wildman–Crippen MR) is 82.5 cm³/mol. The number of anilines is 2. The van der Waals surface area contributed by atoms with Crippen LogP contribution in [0.1, 0.15) is 19.3 Å². The molecule has 0 atom stereocenters. The Morgan fingerprint density at radius 2 is 1.81 bits per heavy atom. The fourth-order valence-corrected chi connectivity index (χ4v) is 2.60. The van der Waals surface area contributed by atoms with Crippen LogP contribution in [0.3, 0.4) is 0 Å². The zero-order chi connectivity index (χ0) is 15.2. The summed E-state index contributed by atoms with van der Waals surface area (Å²) in [6.45, 7) is 2.02. The highest BCUT2D eigenvalue weighted by molar-refractivity contribution is 5.92. The highest BCUT2D eigenvalue weighted by Gasteiger charge is 2.21. The van der Waals surface area contributed by atoms with Gasteiger partial charge in [-0.2, -0.15) is 0 Å². The molecule has 5 N–H and O–H groups in total. The molecule has 1 aliphatic rings. The van der Waals surface area contributed by atoms with Crippen molar-refractivity contribution in [1.29, 1.82) is 0 Å². The average molecular weight is 290 g/mol. The number of primary amides is 1. The summed E-state index contributed by atoms with van der Waals surface area (Å²) < 4.78 is 0. The van der Waals surface area contributed by atoms with E-state index in [-0.39, 0.29) is 11.8 Å². The summed E-state index contributed by atoms with van der Waals surface area (Å²) in [5.74, 6) is 0.0848. The number of nitrogens with two attached hydrogens (primary N) is 2. The van der Waals surface area contributed by atoms with Crippen LogP contribution in [0.4, 0.5) is 11.4 Å². The second kappa shape index (κ2) is 7.08. The lowest BCUT2D eigenvalue weighted by molar-refractivity contribution is -0.120. The maximum atomic E-state index is 12.0. The van der Waals surface area contributed by atoms with Crippen molar-refractivity contribution in [3.63, 3.8) is 0 Å². The minimum Gasteiger partial charge on any atom is -0.399 e. The highest BCUT2D eigenvalue weighted by atomic mass is 16.2. The molecule has 0 radical (unpaired) electrons. The van der Waals surface area contributed by atoms with E-state index >= 15 is 0 Å². The van der Waals surface area contributed by atoms with Crippen molar-refractivity contribution in [3.05, 3.63) is 24.3 Å². The summed E-state index contributed by atoms with van der Waals surface area (Å²) in [6.07, 6.45) is 2.28. The molecular formula is C15H22N4O2. The third-order valence-electron chi connectivity index (χ3n) is 3.76. The summed E-state index contributed by atoms with van der Waals surface area (Å²) in [6, 6.07) is 7.08. The van der Waals surface area contributed by atoms with Crippen molar-refractivity contribution in [2.75, 3.05) is 30.7 Å². The number of benzene rings is 1. The van der Waals surface area contributed by atoms with Crippen LogP contribution in [0.25, 0.3) is 0 Å². The van der Waals surface area contributed by atoms with E-state index < -0.39 is 0 Å². The predicted octanol–water partition coefficient (Wildman–Crippen LogP) is 0.795. The zero-order valence-corrected chi connectivity index (χ0v) is 12.0. The molecule has 2 rings (SSSR count). The van der Waals surface area contributed by atoms with Crippen molar-refractivity contribution in [3.8, 4) is 0 Å². The first-order valence-electron chi connectivity index (χ1n) is 7.19. The Hall–Kier alpha value is -2.08. The molecular weight excluding hydrogens is 268 g/mol. The van der Waals surface area contributed by atoms with Crippen molar-refractivity contribution >= 4 is 23.2 Å². The third-order valence-corrected chi connectivity index (χ3v) is 3.76. The quantitative estimate of drug-likeness (QED) is 0.698. The Balaban J connectivity index is 1.74. The molecule has 0 unspecified atom stereocenters. The molecule has 1 saturated heterocycles. The van der Waals surface area contributed by atoms with E-state index in [1.807, 2.05) is 0 Å². The van der Waals surface area contributed by atoms with Crippen molar-refractivity contribution in [1.82, 2.24) is 4.90 Å². The van der Waals surface area contributed by atoms with Crippen LogP contribution < -0.4 is 16.8 Å². The summed E-state index contributed by atoms with van der Waals surface area (Å²) in [7, 11) is 0. The smallest absolute Gasteiger partial charge is 0.238 e. The molecule has 0 spiro atoms. The number of hydrogen-bond donors (Lipinski definition) is 3. The molecule has 1 aromatic carbocycles. The van der Waals surface area contributed by atoms with Gasteiger partial charge in [-0.3, -0.25) is 14.5 Å². The van der Waals surface area contributed by atoms with Crippen molar-refractivity contribution < 1.29 is 9.59 Å². The molecule has 2 amide bonds. The van der Waals surface area contributed by atoms with Gasteiger partial charge in [0.15, 0.2) is 0 Å². The van der Waals surface area contributed by atoms with E-state index in [1.165, 1.54) is 0 Å². The Kier molecular flexibility index (Phi) is 5.16. The van der Waals surface area contributed by atoms with Gasteiger partial charge in [-0.1, -0.05) is 0 Å². The Labute approximate surface area is 124 Å². The number of nitrogens with zero attached hydrogens (tertiary/aromatic N) is 1. The minimum atomic E-state index is -0.241. The maximum absolute atomic E-state index is 12.0. The number of carbonyl (C=O) groups is 2. The van der Waals surface area contributed by atoms with E-state index in [0.717, 1.165) is 31.6 Å². The van der Waals surface area contributed by atoms with Crippen LogP contribution in [0.5, 0.6) is 0 Å². The van der Waals surface area contributed by atoms with Crippen molar-refractivity contribution in [2.24, 2.45) is 11.7 Å². The number of rotatable bonds is 5. The van der Waals surface area contributed by atoms with Gasteiger partial charge in [0.1, 0.15) is 0 Å². The summed E-state index contributed by atoms with van der Waals surface area (Å²) in [5, 5.41) is 2.85. The molecule has 0 aliphatic carbocycles. The normalized spacial score (nSPS) is 16.6. The highest BCUT2D eigenvalue weighted by Crippen LogP contribution is 2.20. The lowest BCUT2D eigenvalue weighted by Crippen LogP contribution is -2.39. The molecule has 6 nitrogen and oxygen atoms in total. The SMILES string of the molecule is NC(=O)CC1CCN(CC(=O)Nc2ccc(N)cc2)CC1. The van der Waals surface area contributed by atoms with Crippen LogP contribution in [0.15, 0.2) is 24.3 Å². The number of nitrogens with one attached hydrogen (secondary N) is 1. The fourth-order valence-electron chi connectivity index (χ4n) is 2.60. The standard InChI is InChI=1S/C15H22N4O2/c16-12-1-3-13(4-2-12)18-15(21)10-19-7-5-11(6-8-19)9-14(17)20/h1-4,11H,5-10,16H2,(H2,17,20)(H,18,21). The first-order chi connectivity index (χ1) is 10.0. The zero-order valence-electron chi connectivity index (χ0n) is 12.0. The van der Waals surface area contributed by atoms with E-state index in [4.69, 9.17) is 11.5 Å². The molecule has 1 aliphatic heterocycles. The third kappa shape index (κ3) is 5.07. The van der Waals surface area contributed by atoms with Crippen LogP contribution in [0.2, 0.25) is 0 Å². The number of hydrogen-bond acceptors (Lipinski definition) is 4. The molecule has 1 fully saturated rings. The first kappa shape index (κ1) is 15.3. The topological polar surface area (TPSA) is 101 Å². The molecule has 21 heavy (non-hydrogen) atoms. The van der Waals surface area contributed by atoms with Gasteiger partial charge in [0.25, 0.3) is 0 Å². The lowest BCUT2D eigenvalue weighted by Gasteiger charge is -2.30. The van der Waals surface area contributed by atoms with Gasteiger partial charge in [-0.15, -0.1) is 0 Å². The van der Waals surface area contributed by atoms with Gasteiger partial charge in [-0.05, 0) is 56.1 Å². The van der Waals surface area contributed by atoms with Gasteiger partial charge in [0.05, 0.1) is 6.54 Å². The molecule has 0 aromatic heterocycles. The molecule has 1 heterocycles. The van der Waals surface area contributed by atoms with E-state index in [2.05, 4.69) is 10.2 Å². The first-order valence-corrected chi connectivity index (χ1v) is 7.19. The van der Waals surface area contributed by atoms with Crippen LogP contribution in [-0.4, -0.2) is 36.3 Å². The number of nitrogen functional groups attached to an aromatic ring is 1. The molecule has 0 bridgehead atoms. The summed E-state index contributed by atoms with van der Waals surface area (Å²) >= 11 is 0. The van der Waals surface area contributed by atoms with Crippen LogP contribution >= 0.6 is 0 Å². The number of amides is 2. The van der Waals surface area contributed by atoms with Crippen LogP contribution in [0, 0.1) is 5.92 Å². The largest absolute Gasteiger partial charge is 0.399 e. The average Bonchev–Trinajstić information content (AvgIpc) is 2.43. The molecule has 114 valence electrons. The monoisotopic (exact) mass is 290 g/mol. The Morgan fingerprint density at radius 1 is 1.19 bits per heavy atom. The Morgan fingerprint density at radius 3 is 2.38 bits per heavy atom. The summed E-state index contributed by atoms with van der Waals surface area (Å²) in [5.41, 5.74) is 12.2. The lowest BCUT2D eigenvalue weighted by atomic mass is 9.93. The second-order valence-electron chi connectivity index (χ2n) is 5.56. The van der Waals surface area contributed by atoms with Gasteiger partial charge < -0.3 is 16.8 Å². The maximum Gasteiger partial charge on any atom is 0.238 e. The van der Waals surface area contributed by atoms with Crippen molar-refractivity contribution in [2.45, 2.75) is 19.3 Å². The van der Waals surface area contributed by atoms with Gasteiger partial charge >= 0.3 is 0 Å². The number of likely N-dealkylation sites (tertiary alicyclic amines) is 1. The van der Waals surface area contributed by atoms with Crippen LogP contribution in [-0.2, 0) is 9.59 Å². The van der Waals surface area contributed by atoms with E-state index in [1.54, 1.807) is 24.3 Å². The number of piperidine rings is 1. The van der Waals surface area contributed by atoms with E-state index in [9.17, 15) is 9.59 Å². The summed E-state index contributed by atoms with van der Waals surface area (Å²) in [4.78, 5) is 25.0. The van der Waals surface area contributed by atoms with Gasteiger partial charge in [-0.25, -0.2) is 0 Å². The molecule has 0 saturated carbocycles. The second-order valence-corrected chi connectivity index (χ2v) is 5.56. The van der Waals surface area contributed by atoms with Gasteiger partial charge in [0, 0.05) is 17.8 Å². The molecule has 6 heteroatoms. The Bertz CT molecular complexity index is 493. The van der Waals surface area contributed by atoms with Gasteiger partial charge in [0.2, 0.25) is 11.8 Å².